The Morgan fingerprint density at radius 2 is 1.75 bits per heavy atom. The van der Waals surface area contributed by atoms with E-state index in [1.54, 1.807) is 13.0 Å². The maximum absolute atomic E-state index is 13.7. The number of anilines is 1. The molecule has 1 saturated carbocycles. The van der Waals surface area contributed by atoms with Gasteiger partial charge in [-0.1, -0.05) is 44.0 Å². The standard InChI is InChI=1S/C41H61ClN4O5S/c1-7-50-40(45-23-21-44(22-24-45)29(2)3)13-10-11-30(4)32(6)52(48,49)43-41(47)34-17-19-39-38(26-34)46(27-35-15-14-31(35)5)20-9-8-12-33-25-37(42)18-16-36(33)28-51-39/h10,13,16-19,25-26,29-32,35,40H,7-9,11-12,14-15,20-24,27-28H2,1-6H3,(H,43,47)/b13-10+/t30-,31+,32+,35-,40-/m0/s1. The zero-order valence-electron chi connectivity index (χ0n) is 32.2. The molecule has 3 aliphatic rings. The first kappa shape index (κ1) is 40.6. The molecule has 0 radical (unpaired) electrons. The summed E-state index contributed by atoms with van der Waals surface area (Å²) in [5.41, 5.74) is 3.43. The average Bonchev–Trinajstić information content (AvgIpc) is 3.15. The molecule has 2 aliphatic heterocycles. The van der Waals surface area contributed by atoms with Crippen LogP contribution in [-0.4, -0.2) is 87.5 Å². The van der Waals surface area contributed by atoms with Crippen LogP contribution >= 0.6 is 11.6 Å². The molecule has 9 nitrogen and oxygen atoms in total. The normalized spacial score (nSPS) is 22.4. The number of halogens is 1. The minimum atomic E-state index is -3.96. The molecular weight excluding hydrogens is 696 g/mol. The van der Waals surface area contributed by atoms with Gasteiger partial charge in [-0.2, -0.15) is 0 Å². The molecule has 5 atom stereocenters. The highest BCUT2D eigenvalue weighted by molar-refractivity contribution is 7.90. The summed E-state index contributed by atoms with van der Waals surface area (Å²) in [4.78, 5) is 20.8. The second-order valence-corrected chi connectivity index (χ2v) is 17.9. The Hall–Kier alpha value is -2.63. The van der Waals surface area contributed by atoms with E-state index < -0.39 is 21.2 Å². The van der Waals surface area contributed by atoms with Gasteiger partial charge in [-0.25, -0.2) is 13.1 Å². The van der Waals surface area contributed by atoms with Gasteiger partial charge in [-0.15, -0.1) is 0 Å². The zero-order valence-corrected chi connectivity index (χ0v) is 33.7. The summed E-state index contributed by atoms with van der Waals surface area (Å²) in [6.45, 7) is 18.9. The predicted molar refractivity (Wildman–Crippen MR) is 212 cm³/mol. The van der Waals surface area contributed by atoms with Crippen LogP contribution in [0.1, 0.15) is 95.1 Å². The van der Waals surface area contributed by atoms with Gasteiger partial charge < -0.3 is 14.4 Å². The SMILES string of the molecule is CCO[C@@H](/C=C/C[C@H](C)[C@@H](C)S(=O)(=O)NC(=O)c1ccc2c(c1)N(C[C@@H]1CC[C@H]1C)CCCCc1cc(Cl)ccc1CO2)N1CCN(C(C)C)CC1. The number of piperazine rings is 1. The van der Waals surface area contributed by atoms with Gasteiger partial charge >= 0.3 is 0 Å². The number of hydrogen-bond donors (Lipinski definition) is 1. The number of ether oxygens (including phenoxy) is 2. The fraction of sp³-hybridized carbons (Fsp3) is 0.634. The molecule has 0 unspecified atom stereocenters. The Morgan fingerprint density at radius 3 is 2.42 bits per heavy atom. The maximum atomic E-state index is 13.7. The smallest absolute Gasteiger partial charge is 0.264 e. The summed E-state index contributed by atoms with van der Waals surface area (Å²) in [6.07, 6.45) is 9.80. The second-order valence-electron chi connectivity index (χ2n) is 15.4. The number of fused-ring (bicyclic) bond motifs is 2. The first-order valence-corrected chi connectivity index (χ1v) is 21.4. The van der Waals surface area contributed by atoms with E-state index in [1.165, 1.54) is 18.4 Å². The van der Waals surface area contributed by atoms with Gasteiger partial charge in [0.25, 0.3) is 5.91 Å². The van der Waals surface area contributed by atoms with Crippen LogP contribution in [0, 0.1) is 17.8 Å². The van der Waals surface area contributed by atoms with Crippen LogP contribution in [0.3, 0.4) is 0 Å². The summed E-state index contributed by atoms with van der Waals surface area (Å²) in [5, 5.41) is -0.0583. The maximum Gasteiger partial charge on any atom is 0.264 e. The van der Waals surface area contributed by atoms with Gasteiger partial charge in [0.15, 0.2) is 0 Å². The van der Waals surface area contributed by atoms with Crippen molar-refractivity contribution in [3.63, 3.8) is 0 Å². The number of nitrogens with zero attached hydrogens (tertiary/aromatic N) is 3. The minimum absolute atomic E-state index is 0.141. The first-order valence-electron chi connectivity index (χ1n) is 19.5. The summed E-state index contributed by atoms with van der Waals surface area (Å²) < 4.78 is 42.1. The molecule has 11 heteroatoms. The van der Waals surface area contributed by atoms with Crippen molar-refractivity contribution in [3.8, 4) is 5.75 Å². The van der Waals surface area contributed by atoms with E-state index in [2.05, 4.69) is 46.3 Å². The highest BCUT2D eigenvalue weighted by Crippen LogP contribution is 2.38. The van der Waals surface area contributed by atoms with Crippen LogP contribution in [0.4, 0.5) is 5.69 Å². The van der Waals surface area contributed by atoms with Crippen molar-refractivity contribution in [2.75, 3.05) is 50.8 Å². The Balaban J connectivity index is 1.27. The third kappa shape index (κ3) is 10.5. The molecule has 1 amide bonds. The van der Waals surface area contributed by atoms with Crippen LogP contribution in [0.5, 0.6) is 5.75 Å². The van der Waals surface area contributed by atoms with E-state index in [-0.39, 0.29) is 12.1 Å². The fourth-order valence-electron chi connectivity index (χ4n) is 7.52. The quantitative estimate of drug-likeness (QED) is 0.210. The Bertz CT molecular complexity index is 1630. The molecule has 1 saturated heterocycles. The van der Waals surface area contributed by atoms with Crippen LogP contribution < -0.4 is 14.4 Å². The lowest BCUT2D eigenvalue weighted by molar-refractivity contribution is -0.0465. The number of benzene rings is 2. The molecule has 0 bridgehead atoms. The minimum Gasteiger partial charge on any atom is -0.487 e. The van der Waals surface area contributed by atoms with Crippen LogP contribution in [0.25, 0.3) is 0 Å². The Kier molecular flexibility index (Phi) is 14.5. The number of rotatable bonds is 13. The molecule has 5 rings (SSSR count). The van der Waals surface area contributed by atoms with Crippen LogP contribution in [0.15, 0.2) is 48.6 Å². The number of allylic oxidation sites excluding steroid dienone is 1. The molecular formula is C41H61ClN4O5S. The van der Waals surface area contributed by atoms with Crippen molar-refractivity contribution in [3.05, 3.63) is 70.3 Å². The number of carbonyl (C=O) groups is 1. The first-order chi connectivity index (χ1) is 24.9. The molecule has 2 heterocycles. The molecule has 1 N–H and O–H groups in total. The molecule has 2 fully saturated rings. The van der Waals surface area contributed by atoms with Crippen molar-refractivity contribution in [1.29, 1.82) is 0 Å². The Morgan fingerprint density at radius 1 is 1.00 bits per heavy atom. The lowest BCUT2D eigenvalue weighted by Crippen LogP contribution is -2.52. The van der Waals surface area contributed by atoms with E-state index in [1.807, 2.05) is 50.3 Å². The van der Waals surface area contributed by atoms with E-state index >= 15 is 0 Å². The number of hydrogen-bond acceptors (Lipinski definition) is 8. The van der Waals surface area contributed by atoms with Gasteiger partial charge in [0.1, 0.15) is 18.6 Å². The Labute approximate surface area is 318 Å². The van der Waals surface area contributed by atoms with Gasteiger partial charge in [0.2, 0.25) is 10.0 Å². The van der Waals surface area contributed by atoms with Crippen molar-refractivity contribution in [2.24, 2.45) is 17.8 Å². The third-order valence-corrected chi connectivity index (χ3v) is 13.7. The molecule has 2 aromatic carbocycles. The lowest BCUT2D eigenvalue weighted by atomic mass is 9.74. The summed E-state index contributed by atoms with van der Waals surface area (Å²) in [5.74, 6) is 1.06. The number of sulfonamides is 1. The topological polar surface area (TPSA) is 91.4 Å². The van der Waals surface area contributed by atoms with E-state index in [0.29, 0.717) is 48.8 Å². The van der Waals surface area contributed by atoms with E-state index in [9.17, 15) is 13.2 Å². The van der Waals surface area contributed by atoms with Gasteiger partial charge in [-0.3, -0.25) is 14.6 Å². The van der Waals surface area contributed by atoms with Crippen molar-refractivity contribution >= 4 is 33.2 Å². The monoisotopic (exact) mass is 756 g/mol. The summed E-state index contributed by atoms with van der Waals surface area (Å²) >= 11 is 6.34. The highest BCUT2D eigenvalue weighted by Gasteiger charge is 2.32. The van der Waals surface area contributed by atoms with Crippen molar-refractivity contribution in [2.45, 2.75) is 104 Å². The largest absolute Gasteiger partial charge is 0.487 e. The number of aryl methyl sites for hydroxylation is 1. The number of nitrogens with one attached hydrogen (secondary N) is 1. The summed E-state index contributed by atoms with van der Waals surface area (Å²) in [6, 6.07) is 11.8. The van der Waals surface area contributed by atoms with Crippen LogP contribution in [-0.2, 0) is 27.8 Å². The predicted octanol–water partition coefficient (Wildman–Crippen LogP) is 7.53. The average molecular weight is 757 g/mol. The van der Waals surface area contributed by atoms with Gasteiger partial charge in [-0.05, 0) is 125 Å². The molecule has 52 heavy (non-hydrogen) atoms. The van der Waals surface area contributed by atoms with Crippen molar-refractivity contribution < 1.29 is 22.7 Å². The molecule has 0 aromatic heterocycles. The van der Waals surface area contributed by atoms with Gasteiger partial charge in [0.05, 0.1) is 10.9 Å². The van der Waals surface area contributed by atoms with E-state index in [0.717, 1.165) is 74.8 Å². The molecule has 2 aromatic rings. The second kappa shape index (κ2) is 18.6. The molecule has 288 valence electrons. The van der Waals surface area contributed by atoms with Gasteiger partial charge in [0, 0.05) is 62.5 Å². The van der Waals surface area contributed by atoms with Crippen LogP contribution in [0.2, 0.25) is 5.02 Å². The number of carbonyl (C=O) groups excluding carboxylic acids is 1. The highest BCUT2D eigenvalue weighted by atomic mass is 35.5. The lowest BCUT2D eigenvalue weighted by Gasteiger charge is -2.39. The fourth-order valence-corrected chi connectivity index (χ4v) is 9.00. The van der Waals surface area contributed by atoms with Crippen molar-refractivity contribution in [1.82, 2.24) is 14.5 Å². The summed E-state index contributed by atoms with van der Waals surface area (Å²) in [7, 11) is -3.96. The number of amides is 1. The zero-order chi connectivity index (χ0) is 37.4. The van der Waals surface area contributed by atoms with E-state index in [4.69, 9.17) is 21.1 Å². The third-order valence-electron chi connectivity index (χ3n) is 11.6. The molecule has 0 spiro atoms. The molecule has 1 aliphatic carbocycles.